The Morgan fingerprint density at radius 1 is 0.840 bits per heavy atom. The Morgan fingerprint density at radius 2 is 1.40 bits per heavy atom. The van der Waals surface area contributed by atoms with Crippen molar-refractivity contribution in [2.45, 2.75) is 0 Å². The number of para-hydroxylation sites is 2. The van der Waals surface area contributed by atoms with Crippen molar-refractivity contribution < 1.29 is 23.8 Å². The molecule has 2 rings (SSSR count). The van der Waals surface area contributed by atoms with Crippen molar-refractivity contribution in [2.24, 2.45) is 0 Å². The van der Waals surface area contributed by atoms with E-state index in [2.05, 4.69) is 10.6 Å². The van der Waals surface area contributed by atoms with Crippen molar-refractivity contribution in [3.63, 3.8) is 0 Å². The Morgan fingerprint density at radius 3 is 2.00 bits per heavy atom. The molecule has 0 heterocycles. The second kappa shape index (κ2) is 8.58. The number of carbonyl (C=O) groups excluding carboxylic acids is 2. The van der Waals surface area contributed by atoms with Crippen LogP contribution in [0.1, 0.15) is 10.4 Å². The first kappa shape index (κ1) is 18.1. The zero-order valence-electron chi connectivity index (χ0n) is 14.3. The Labute approximate surface area is 145 Å². The molecule has 2 N–H and O–H groups in total. The summed E-state index contributed by atoms with van der Waals surface area (Å²) in [5.41, 5.74) is 0.761. The van der Waals surface area contributed by atoms with Gasteiger partial charge in [-0.05, 0) is 24.3 Å². The van der Waals surface area contributed by atoms with Crippen LogP contribution in [0.3, 0.4) is 0 Å². The van der Waals surface area contributed by atoms with E-state index in [9.17, 15) is 9.59 Å². The van der Waals surface area contributed by atoms with Crippen molar-refractivity contribution in [3.8, 4) is 17.2 Å². The lowest BCUT2D eigenvalue weighted by Gasteiger charge is -2.13. The van der Waals surface area contributed by atoms with Gasteiger partial charge in [0.15, 0.2) is 0 Å². The highest BCUT2D eigenvalue weighted by Gasteiger charge is 2.18. The average molecular weight is 344 g/mol. The molecule has 25 heavy (non-hydrogen) atoms. The number of nitrogens with one attached hydrogen (secondary N) is 2. The first-order valence-corrected chi connectivity index (χ1v) is 7.52. The molecule has 0 radical (unpaired) electrons. The molecule has 2 aromatic carbocycles. The Kier molecular flexibility index (Phi) is 6.22. The van der Waals surface area contributed by atoms with Gasteiger partial charge in [0, 0.05) is 0 Å². The second-order valence-electron chi connectivity index (χ2n) is 4.97. The molecule has 2 amide bonds. The Bertz CT molecular complexity index is 739. The van der Waals surface area contributed by atoms with Crippen molar-refractivity contribution in [1.29, 1.82) is 0 Å². The van der Waals surface area contributed by atoms with E-state index in [1.807, 2.05) is 0 Å². The number of hydrogen-bond donors (Lipinski definition) is 2. The maximum Gasteiger partial charge on any atom is 0.259 e. The fraction of sp³-hybridized carbons (Fsp3) is 0.222. The first-order valence-electron chi connectivity index (χ1n) is 7.52. The number of hydrogen-bond acceptors (Lipinski definition) is 5. The third kappa shape index (κ3) is 4.41. The third-order valence-corrected chi connectivity index (χ3v) is 3.45. The summed E-state index contributed by atoms with van der Waals surface area (Å²) < 4.78 is 15.5. The summed E-state index contributed by atoms with van der Waals surface area (Å²) >= 11 is 0. The molecule has 0 saturated carbocycles. The largest absolute Gasteiger partial charge is 0.496 e. The van der Waals surface area contributed by atoms with Crippen LogP contribution in [0, 0.1) is 0 Å². The smallest absolute Gasteiger partial charge is 0.259 e. The van der Waals surface area contributed by atoms with Gasteiger partial charge < -0.3 is 24.8 Å². The van der Waals surface area contributed by atoms with Crippen LogP contribution < -0.4 is 24.8 Å². The monoisotopic (exact) mass is 344 g/mol. The van der Waals surface area contributed by atoms with Gasteiger partial charge in [0.2, 0.25) is 5.91 Å². The number of rotatable bonds is 7. The van der Waals surface area contributed by atoms with Gasteiger partial charge in [-0.25, -0.2) is 0 Å². The molecular formula is C18H20N2O5. The molecule has 2 aromatic rings. The van der Waals surface area contributed by atoms with E-state index in [4.69, 9.17) is 14.2 Å². The van der Waals surface area contributed by atoms with Crippen LogP contribution in [-0.2, 0) is 4.79 Å². The lowest BCUT2D eigenvalue weighted by atomic mass is 10.1. The number of ether oxygens (including phenoxy) is 3. The average Bonchev–Trinajstić information content (AvgIpc) is 2.65. The minimum absolute atomic E-state index is 0.210. The molecule has 0 atom stereocenters. The van der Waals surface area contributed by atoms with Crippen molar-refractivity contribution >= 4 is 17.5 Å². The lowest BCUT2D eigenvalue weighted by molar-refractivity contribution is -0.115. The van der Waals surface area contributed by atoms with E-state index in [1.165, 1.54) is 21.3 Å². The van der Waals surface area contributed by atoms with Crippen LogP contribution in [0.15, 0.2) is 42.5 Å². The fourth-order valence-corrected chi connectivity index (χ4v) is 2.27. The highest BCUT2D eigenvalue weighted by atomic mass is 16.5. The Balaban J connectivity index is 2.04. The minimum atomic E-state index is -0.468. The molecule has 7 nitrogen and oxygen atoms in total. The highest BCUT2D eigenvalue weighted by molar-refractivity contribution is 6.03. The predicted octanol–water partition coefficient (Wildman–Crippen LogP) is 2.08. The molecule has 0 saturated heterocycles. The van der Waals surface area contributed by atoms with Crippen LogP contribution in [0.5, 0.6) is 17.2 Å². The summed E-state index contributed by atoms with van der Waals surface area (Å²) in [6.07, 6.45) is 0. The summed E-state index contributed by atoms with van der Waals surface area (Å²) in [4.78, 5) is 24.5. The van der Waals surface area contributed by atoms with Crippen molar-refractivity contribution in [3.05, 3.63) is 48.0 Å². The van der Waals surface area contributed by atoms with Gasteiger partial charge >= 0.3 is 0 Å². The summed E-state index contributed by atoms with van der Waals surface area (Å²) in [6.45, 7) is -0.210. The molecule has 0 unspecified atom stereocenters. The quantitative estimate of drug-likeness (QED) is 0.803. The lowest BCUT2D eigenvalue weighted by Crippen LogP contribution is -2.33. The van der Waals surface area contributed by atoms with Gasteiger partial charge in [-0.2, -0.15) is 0 Å². The Hall–Kier alpha value is -3.22. The topological polar surface area (TPSA) is 85.9 Å². The first-order chi connectivity index (χ1) is 12.1. The molecule has 132 valence electrons. The van der Waals surface area contributed by atoms with E-state index >= 15 is 0 Å². The summed E-state index contributed by atoms with van der Waals surface area (Å²) in [5, 5.41) is 5.24. The van der Waals surface area contributed by atoms with Gasteiger partial charge in [0.05, 0.1) is 33.6 Å². The second-order valence-corrected chi connectivity index (χ2v) is 4.97. The summed E-state index contributed by atoms with van der Waals surface area (Å²) in [5.74, 6) is 0.411. The molecule has 0 aromatic heterocycles. The van der Waals surface area contributed by atoms with E-state index in [0.29, 0.717) is 22.9 Å². The van der Waals surface area contributed by atoms with Gasteiger partial charge in [-0.1, -0.05) is 18.2 Å². The maximum atomic E-state index is 12.4. The number of carbonyl (C=O) groups is 2. The van der Waals surface area contributed by atoms with Crippen LogP contribution in [0.4, 0.5) is 5.69 Å². The standard InChI is InChI=1S/C18H20N2O5/c1-23-13-8-5-4-7-12(13)20-16(21)11-19-18(22)17-14(24-2)9-6-10-15(17)25-3/h4-10H,11H2,1-3H3,(H,19,22)(H,20,21). The molecule has 0 aliphatic carbocycles. The number of benzene rings is 2. The molecule has 7 heteroatoms. The summed E-state index contributed by atoms with van der Waals surface area (Å²) in [6, 6.07) is 12.0. The molecule has 0 aliphatic heterocycles. The zero-order valence-corrected chi connectivity index (χ0v) is 14.3. The van der Waals surface area contributed by atoms with E-state index in [1.54, 1.807) is 42.5 Å². The summed E-state index contributed by atoms with van der Waals surface area (Å²) in [7, 11) is 4.43. The van der Waals surface area contributed by atoms with Crippen molar-refractivity contribution in [2.75, 3.05) is 33.2 Å². The van der Waals surface area contributed by atoms with Gasteiger partial charge in [0.1, 0.15) is 22.8 Å². The predicted molar refractivity (Wildman–Crippen MR) is 93.5 cm³/mol. The maximum absolute atomic E-state index is 12.4. The van der Waals surface area contributed by atoms with E-state index in [0.717, 1.165) is 0 Å². The zero-order chi connectivity index (χ0) is 18.2. The molecule has 0 aliphatic rings. The van der Waals surface area contributed by atoms with E-state index < -0.39 is 5.91 Å². The SMILES string of the molecule is COc1ccccc1NC(=O)CNC(=O)c1c(OC)cccc1OC. The minimum Gasteiger partial charge on any atom is -0.496 e. The number of anilines is 1. The molecule has 0 spiro atoms. The molecular weight excluding hydrogens is 324 g/mol. The number of methoxy groups -OCH3 is 3. The normalized spacial score (nSPS) is 9.88. The highest BCUT2D eigenvalue weighted by Crippen LogP contribution is 2.28. The third-order valence-electron chi connectivity index (χ3n) is 3.45. The van der Waals surface area contributed by atoms with Gasteiger partial charge in [-0.3, -0.25) is 9.59 Å². The molecule has 0 fully saturated rings. The van der Waals surface area contributed by atoms with Crippen molar-refractivity contribution in [1.82, 2.24) is 5.32 Å². The van der Waals surface area contributed by atoms with Crippen LogP contribution in [-0.4, -0.2) is 39.7 Å². The fourth-order valence-electron chi connectivity index (χ4n) is 2.27. The van der Waals surface area contributed by atoms with Gasteiger partial charge in [-0.15, -0.1) is 0 Å². The molecule has 0 bridgehead atoms. The van der Waals surface area contributed by atoms with Crippen LogP contribution >= 0.6 is 0 Å². The number of amides is 2. The van der Waals surface area contributed by atoms with Crippen LogP contribution in [0.2, 0.25) is 0 Å². The van der Waals surface area contributed by atoms with Gasteiger partial charge in [0.25, 0.3) is 5.91 Å². The van der Waals surface area contributed by atoms with Crippen LogP contribution in [0.25, 0.3) is 0 Å². The van der Waals surface area contributed by atoms with E-state index in [-0.39, 0.29) is 18.0 Å².